The van der Waals surface area contributed by atoms with Gasteiger partial charge in [0.25, 0.3) is 5.56 Å². The normalized spacial score (nSPS) is 12.2. The van der Waals surface area contributed by atoms with Crippen LogP contribution in [0.2, 0.25) is 10.0 Å². The number of nitrogens with zero attached hydrogens (tertiary/aromatic N) is 1. The van der Waals surface area contributed by atoms with Gasteiger partial charge in [-0.05, 0) is 18.6 Å². The van der Waals surface area contributed by atoms with Crippen LogP contribution >= 0.6 is 23.2 Å². The smallest absolute Gasteiger partial charge is 0.285 e. The highest BCUT2D eigenvalue weighted by Crippen LogP contribution is 2.27. The number of anilines is 1. The second kappa shape index (κ2) is 5.42. The van der Waals surface area contributed by atoms with Crippen molar-refractivity contribution in [1.82, 2.24) is 10.2 Å². The second-order valence-corrected chi connectivity index (χ2v) is 4.60. The Bertz CT molecular complexity index is 612. The Morgan fingerprint density at radius 1 is 1.33 bits per heavy atom. The maximum Gasteiger partial charge on any atom is 0.285 e. The number of hydrogen-bond donors (Lipinski definition) is 2. The number of rotatable bonds is 3. The van der Waals surface area contributed by atoms with E-state index in [-0.39, 0.29) is 11.1 Å². The average molecular weight is 284 g/mol. The quantitative estimate of drug-likeness (QED) is 0.909. The molecule has 0 fully saturated rings. The molecule has 1 heterocycles. The van der Waals surface area contributed by atoms with Crippen molar-refractivity contribution in [2.75, 3.05) is 5.32 Å². The second-order valence-electron chi connectivity index (χ2n) is 3.81. The molecule has 0 aliphatic heterocycles. The molecule has 1 unspecified atom stereocenters. The van der Waals surface area contributed by atoms with Crippen molar-refractivity contribution in [1.29, 1.82) is 0 Å². The lowest BCUT2D eigenvalue weighted by Gasteiger charge is -2.17. The van der Waals surface area contributed by atoms with Gasteiger partial charge >= 0.3 is 0 Å². The highest BCUT2D eigenvalue weighted by molar-refractivity contribution is 6.33. The van der Waals surface area contributed by atoms with Crippen molar-refractivity contribution in [3.63, 3.8) is 0 Å². The lowest BCUT2D eigenvalue weighted by atomic mass is 10.1. The summed E-state index contributed by atoms with van der Waals surface area (Å²) in [5.74, 6) is 0. The van der Waals surface area contributed by atoms with Gasteiger partial charge in [0.15, 0.2) is 0 Å². The first kappa shape index (κ1) is 12.9. The van der Waals surface area contributed by atoms with Crippen LogP contribution in [0.15, 0.2) is 35.3 Å². The molecule has 2 aromatic rings. The standard InChI is InChI=1S/C12H11Cl2N3O/c1-7(8-4-2-3-5-9(8)13)16-10-6-15-17-12(18)11(10)14/h2-7H,1H3,(H2,16,17,18). The Kier molecular flexibility index (Phi) is 3.89. The molecule has 1 aromatic carbocycles. The highest BCUT2D eigenvalue weighted by atomic mass is 35.5. The molecule has 0 amide bonds. The average Bonchev–Trinajstić information content (AvgIpc) is 2.35. The van der Waals surface area contributed by atoms with E-state index in [4.69, 9.17) is 23.2 Å². The summed E-state index contributed by atoms with van der Waals surface area (Å²) in [6.07, 6.45) is 1.47. The van der Waals surface area contributed by atoms with Crippen molar-refractivity contribution in [2.24, 2.45) is 0 Å². The van der Waals surface area contributed by atoms with Crippen molar-refractivity contribution in [2.45, 2.75) is 13.0 Å². The summed E-state index contributed by atoms with van der Waals surface area (Å²) >= 11 is 12.0. The molecule has 0 aliphatic rings. The fourth-order valence-corrected chi connectivity index (χ4v) is 2.07. The van der Waals surface area contributed by atoms with E-state index in [1.807, 2.05) is 31.2 Å². The molecule has 0 aliphatic carbocycles. The molecule has 1 atom stereocenters. The number of aromatic amines is 1. The minimum absolute atomic E-state index is 0.0835. The summed E-state index contributed by atoms with van der Waals surface area (Å²) < 4.78 is 0. The van der Waals surface area contributed by atoms with Gasteiger partial charge in [-0.3, -0.25) is 4.79 Å². The topological polar surface area (TPSA) is 57.8 Å². The van der Waals surface area contributed by atoms with E-state index in [1.165, 1.54) is 6.20 Å². The third-order valence-electron chi connectivity index (χ3n) is 2.54. The lowest BCUT2D eigenvalue weighted by molar-refractivity contribution is 0.875. The van der Waals surface area contributed by atoms with Crippen molar-refractivity contribution in [3.8, 4) is 0 Å². The first-order valence-electron chi connectivity index (χ1n) is 5.33. The minimum Gasteiger partial charge on any atom is -0.376 e. The van der Waals surface area contributed by atoms with E-state index in [0.29, 0.717) is 10.7 Å². The van der Waals surface area contributed by atoms with Crippen LogP contribution in [0.25, 0.3) is 0 Å². The van der Waals surface area contributed by atoms with Crippen LogP contribution in [0.1, 0.15) is 18.5 Å². The molecule has 18 heavy (non-hydrogen) atoms. The van der Waals surface area contributed by atoms with E-state index in [2.05, 4.69) is 15.5 Å². The van der Waals surface area contributed by atoms with Gasteiger partial charge in [0.05, 0.1) is 17.9 Å². The van der Waals surface area contributed by atoms with Crippen molar-refractivity contribution in [3.05, 3.63) is 56.4 Å². The SMILES string of the molecule is CC(Nc1cn[nH]c(=O)c1Cl)c1ccccc1Cl. The summed E-state index contributed by atoms with van der Waals surface area (Å²) in [6.45, 7) is 1.93. The zero-order chi connectivity index (χ0) is 13.1. The molecule has 2 rings (SSSR count). The Morgan fingerprint density at radius 3 is 2.78 bits per heavy atom. The van der Waals surface area contributed by atoms with Crippen LogP contribution in [0.4, 0.5) is 5.69 Å². The summed E-state index contributed by atoms with van der Waals surface area (Å²) in [6, 6.07) is 7.40. The number of aromatic nitrogens is 2. The summed E-state index contributed by atoms with van der Waals surface area (Å²) in [5.41, 5.74) is 0.983. The number of halogens is 2. The number of H-pyrrole nitrogens is 1. The maximum atomic E-state index is 11.3. The van der Waals surface area contributed by atoms with Gasteiger partial charge in [0, 0.05) is 5.02 Å². The van der Waals surface area contributed by atoms with Gasteiger partial charge in [-0.15, -0.1) is 0 Å². The van der Waals surface area contributed by atoms with Gasteiger partial charge in [-0.25, -0.2) is 5.10 Å². The first-order chi connectivity index (χ1) is 8.59. The number of nitrogens with one attached hydrogen (secondary N) is 2. The fourth-order valence-electron chi connectivity index (χ4n) is 1.62. The van der Waals surface area contributed by atoms with Crippen LogP contribution in [-0.2, 0) is 0 Å². The van der Waals surface area contributed by atoms with E-state index in [1.54, 1.807) is 0 Å². The third-order valence-corrected chi connectivity index (χ3v) is 3.26. The molecule has 2 N–H and O–H groups in total. The third kappa shape index (κ3) is 2.66. The maximum absolute atomic E-state index is 11.3. The van der Waals surface area contributed by atoms with E-state index >= 15 is 0 Å². The Morgan fingerprint density at radius 2 is 2.06 bits per heavy atom. The summed E-state index contributed by atoms with van der Waals surface area (Å²) in [7, 11) is 0. The van der Waals surface area contributed by atoms with Crippen LogP contribution in [0, 0.1) is 0 Å². The molecule has 0 bridgehead atoms. The van der Waals surface area contributed by atoms with Gasteiger partial charge in [0.2, 0.25) is 0 Å². The Hall–Kier alpha value is -1.52. The molecule has 4 nitrogen and oxygen atoms in total. The molecule has 0 spiro atoms. The Balaban J connectivity index is 2.27. The molecule has 0 saturated carbocycles. The highest BCUT2D eigenvalue weighted by Gasteiger charge is 2.12. The fraction of sp³-hybridized carbons (Fsp3) is 0.167. The molecule has 1 aromatic heterocycles. The molecular weight excluding hydrogens is 273 g/mol. The van der Waals surface area contributed by atoms with Crippen LogP contribution < -0.4 is 10.9 Å². The molecule has 6 heteroatoms. The van der Waals surface area contributed by atoms with Crippen LogP contribution in [0.5, 0.6) is 0 Å². The predicted molar refractivity (Wildman–Crippen MR) is 73.4 cm³/mol. The van der Waals surface area contributed by atoms with E-state index in [9.17, 15) is 4.79 Å². The lowest BCUT2D eigenvalue weighted by Crippen LogP contribution is -2.14. The number of benzene rings is 1. The molecule has 0 saturated heterocycles. The monoisotopic (exact) mass is 283 g/mol. The molecule has 0 radical (unpaired) electrons. The summed E-state index contributed by atoms with van der Waals surface area (Å²) in [5, 5.41) is 9.81. The first-order valence-corrected chi connectivity index (χ1v) is 6.09. The van der Waals surface area contributed by atoms with Crippen LogP contribution in [0.3, 0.4) is 0 Å². The Labute approximate surface area is 114 Å². The zero-order valence-electron chi connectivity index (χ0n) is 9.58. The number of hydrogen-bond acceptors (Lipinski definition) is 3. The van der Waals surface area contributed by atoms with Gasteiger partial charge in [-0.1, -0.05) is 41.4 Å². The van der Waals surface area contributed by atoms with Crippen molar-refractivity contribution < 1.29 is 0 Å². The van der Waals surface area contributed by atoms with E-state index in [0.717, 1.165) is 5.56 Å². The minimum atomic E-state index is -0.423. The largest absolute Gasteiger partial charge is 0.376 e. The van der Waals surface area contributed by atoms with Gasteiger partial charge in [0.1, 0.15) is 5.02 Å². The summed E-state index contributed by atoms with van der Waals surface area (Å²) in [4.78, 5) is 11.3. The molecule has 94 valence electrons. The zero-order valence-corrected chi connectivity index (χ0v) is 11.1. The van der Waals surface area contributed by atoms with Crippen LogP contribution in [-0.4, -0.2) is 10.2 Å². The van der Waals surface area contributed by atoms with Crippen molar-refractivity contribution >= 4 is 28.9 Å². The molecular formula is C12H11Cl2N3O. The van der Waals surface area contributed by atoms with Gasteiger partial charge in [-0.2, -0.15) is 5.10 Å². The van der Waals surface area contributed by atoms with Gasteiger partial charge < -0.3 is 5.32 Å². The predicted octanol–water partition coefficient (Wildman–Crippen LogP) is 3.25. The van der Waals surface area contributed by atoms with E-state index < -0.39 is 5.56 Å².